The van der Waals surface area contributed by atoms with Gasteiger partial charge in [-0.1, -0.05) is 40.5 Å². The zero-order chi connectivity index (χ0) is 10.3. The number of rotatable bonds is 7. The summed E-state index contributed by atoms with van der Waals surface area (Å²) in [5.74, 6) is 2.32. The van der Waals surface area contributed by atoms with Crippen molar-refractivity contribution in [3.8, 4) is 0 Å². The maximum Gasteiger partial charge on any atom is 0.120 e. The number of hydrogen-bond donors (Lipinski definition) is 0. The Balaban J connectivity index is 3.45. The minimum atomic E-state index is 0.714. The standard InChI is InChI=1S/C12H24O/c1-10(2)12(4)8-7-11(3)6-5-9-13/h9-12H,5-8H2,1-4H3. The van der Waals surface area contributed by atoms with Crippen molar-refractivity contribution in [1.82, 2.24) is 0 Å². The van der Waals surface area contributed by atoms with Crippen molar-refractivity contribution >= 4 is 6.29 Å². The van der Waals surface area contributed by atoms with E-state index in [1.54, 1.807) is 0 Å². The van der Waals surface area contributed by atoms with E-state index in [-0.39, 0.29) is 0 Å². The van der Waals surface area contributed by atoms with E-state index in [4.69, 9.17) is 0 Å². The molecule has 78 valence electrons. The molecule has 2 atom stereocenters. The Morgan fingerprint density at radius 2 is 1.62 bits per heavy atom. The third kappa shape index (κ3) is 6.80. The van der Waals surface area contributed by atoms with Gasteiger partial charge in [-0.05, 0) is 24.2 Å². The van der Waals surface area contributed by atoms with Crippen molar-refractivity contribution in [3.63, 3.8) is 0 Å². The first kappa shape index (κ1) is 12.7. The maximum atomic E-state index is 10.2. The van der Waals surface area contributed by atoms with Crippen LogP contribution in [0.5, 0.6) is 0 Å². The summed E-state index contributed by atoms with van der Waals surface area (Å²) < 4.78 is 0. The summed E-state index contributed by atoms with van der Waals surface area (Å²) in [5.41, 5.74) is 0. The van der Waals surface area contributed by atoms with Gasteiger partial charge >= 0.3 is 0 Å². The quantitative estimate of drug-likeness (QED) is 0.552. The molecule has 0 heterocycles. The van der Waals surface area contributed by atoms with Gasteiger partial charge < -0.3 is 4.79 Å². The van der Waals surface area contributed by atoms with Crippen molar-refractivity contribution < 1.29 is 4.79 Å². The predicted molar refractivity (Wildman–Crippen MR) is 57.7 cm³/mol. The Bertz CT molecular complexity index is 129. The van der Waals surface area contributed by atoms with Crippen LogP contribution in [-0.2, 0) is 4.79 Å². The van der Waals surface area contributed by atoms with Crippen LogP contribution in [-0.4, -0.2) is 6.29 Å². The molecule has 1 heteroatoms. The van der Waals surface area contributed by atoms with Gasteiger partial charge in [0.2, 0.25) is 0 Å². The van der Waals surface area contributed by atoms with Crippen LogP contribution < -0.4 is 0 Å². The molecule has 0 aliphatic rings. The molecule has 0 spiro atoms. The van der Waals surface area contributed by atoms with Crippen LogP contribution >= 0.6 is 0 Å². The van der Waals surface area contributed by atoms with Gasteiger partial charge in [0.25, 0.3) is 0 Å². The molecule has 0 aromatic carbocycles. The minimum Gasteiger partial charge on any atom is -0.303 e. The largest absolute Gasteiger partial charge is 0.303 e. The Hall–Kier alpha value is -0.330. The first-order chi connectivity index (χ1) is 6.07. The smallest absolute Gasteiger partial charge is 0.120 e. The molecule has 0 aromatic rings. The lowest BCUT2D eigenvalue weighted by Crippen LogP contribution is -2.06. The molecule has 0 rings (SSSR count). The van der Waals surface area contributed by atoms with Gasteiger partial charge in [0.15, 0.2) is 0 Å². The third-order valence-corrected chi connectivity index (χ3v) is 3.03. The predicted octanol–water partition coefficient (Wildman–Crippen LogP) is 3.67. The molecule has 13 heavy (non-hydrogen) atoms. The highest BCUT2D eigenvalue weighted by Crippen LogP contribution is 2.21. The fraction of sp³-hybridized carbons (Fsp3) is 0.917. The highest BCUT2D eigenvalue weighted by molar-refractivity contribution is 5.49. The number of hydrogen-bond acceptors (Lipinski definition) is 1. The normalized spacial score (nSPS) is 15.8. The van der Waals surface area contributed by atoms with E-state index in [9.17, 15) is 4.79 Å². The molecule has 0 saturated carbocycles. The summed E-state index contributed by atoms with van der Waals surface area (Å²) in [6, 6.07) is 0. The van der Waals surface area contributed by atoms with Crippen molar-refractivity contribution in [1.29, 1.82) is 0 Å². The lowest BCUT2D eigenvalue weighted by Gasteiger charge is -2.17. The molecule has 0 fully saturated rings. The molecular formula is C12H24O. The van der Waals surface area contributed by atoms with Crippen LogP contribution in [0.3, 0.4) is 0 Å². The molecule has 2 unspecified atom stereocenters. The molecule has 0 aromatic heterocycles. The van der Waals surface area contributed by atoms with Gasteiger partial charge in [-0.2, -0.15) is 0 Å². The zero-order valence-corrected chi connectivity index (χ0v) is 9.55. The van der Waals surface area contributed by atoms with E-state index in [1.165, 1.54) is 12.8 Å². The first-order valence-corrected chi connectivity index (χ1v) is 5.51. The second-order valence-electron chi connectivity index (χ2n) is 4.65. The lowest BCUT2D eigenvalue weighted by molar-refractivity contribution is -0.108. The summed E-state index contributed by atoms with van der Waals surface area (Å²) >= 11 is 0. The summed E-state index contributed by atoms with van der Waals surface area (Å²) in [6.45, 7) is 9.12. The van der Waals surface area contributed by atoms with Crippen LogP contribution in [0.1, 0.15) is 53.4 Å². The minimum absolute atomic E-state index is 0.714. The Morgan fingerprint density at radius 3 is 2.08 bits per heavy atom. The van der Waals surface area contributed by atoms with Gasteiger partial charge in [0.1, 0.15) is 6.29 Å². The SMILES string of the molecule is CC(CCC=O)CCC(C)C(C)C. The van der Waals surface area contributed by atoms with E-state index in [0.29, 0.717) is 5.92 Å². The average molecular weight is 184 g/mol. The molecule has 0 bridgehead atoms. The van der Waals surface area contributed by atoms with E-state index in [0.717, 1.165) is 31.0 Å². The number of aldehydes is 1. The fourth-order valence-electron chi connectivity index (χ4n) is 1.38. The molecule has 0 aliphatic carbocycles. The molecule has 0 radical (unpaired) electrons. The summed E-state index contributed by atoms with van der Waals surface area (Å²) in [5, 5.41) is 0. The van der Waals surface area contributed by atoms with E-state index in [2.05, 4.69) is 27.7 Å². The third-order valence-electron chi connectivity index (χ3n) is 3.03. The van der Waals surface area contributed by atoms with Crippen LogP contribution in [0.2, 0.25) is 0 Å². The average Bonchev–Trinajstić information content (AvgIpc) is 2.10. The van der Waals surface area contributed by atoms with Crippen molar-refractivity contribution in [3.05, 3.63) is 0 Å². The van der Waals surface area contributed by atoms with Crippen LogP contribution in [0, 0.1) is 17.8 Å². The zero-order valence-electron chi connectivity index (χ0n) is 9.55. The van der Waals surface area contributed by atoms with Crippen molar-refractivity contribution in [2.75, 3.05) is 0 Å². The molecule has 1 nitrogen and oxygen atoms in total. The second-order valence-corrected chi connectivity index (χ2v) is 4.65. The van der Waals surface area contributed by atoms with Crippen LogP contribution in [0.25, 0.3) is 0 Å². The Labute approximate surface area is 82.9 Å². The second kappa shape index (κ2) is 7.11. The summed E-state index contributed by atoms with van der Waals surface area (Å²) in [4.78, 5) is 10.2. The van der Waals surface area contributed by atoms with Gasteiger partial charge in [0, 0.05) is 6.42 Å². The molecular weight excluding hydrogens is 160 g/mol. The monoisotopic (exact) mass is 184 g/mol. The maximum absolute atomic E-state index is 10.2. The van der Waals surface area contributed by atoms with Gasteiger partial charge in [-0.25, -0.2) is 0 Å². The summed E-state index contributed by atoms with van der Waals surface area (Å²) in [7, 11) is 0. The van der Waals surface area contributed by atoms with Gasteiger partial charge in [-0.15, -0.1) is 0 Å². The highest BCUT2D eigenvalue weighted by atomic mass is 16.1. The van der Waals surface area contributed by atoms with E-state index in [1.807, 2.05) is 0 Å². The first-order valence-electron chi connectivity index (χ1n) is 5.51. The van der Waals surface area contributed by atoms with E-state index >= 15 is 0 Å². The van der Waals surface area contributed by atoms with Gasteiger partial charge in [0.05, 0.1) is 0 Å². The highest BCUT2D eigenvalue weighted by Gasteiger charge is 2.09. The fourth-order valence-corrected chi connectivity index (χ4v) is 1.38. The topological polar surface area (TPSA) is 17.1 Å². The Morgan fingerprint density at radius 1 is 1.00 bits per heavy atom. The summed E-state index contributed by atoms with van der Waals surface area (Å²) in [6.07, 6.45) is 5.40. The Kier molecular flexibility index (Phi) is 6.93. The molecule has 0 N–H and O–H groups in total. The van der Waals surface area contributed by atoms with Crippen LogP contribution in [0.4, 0.5) is 0 Å². The lowest BCUT2D eigenvalue weighted by atomic mass is 9.89. The molecule has 0 aliphatic heterocycles. The van der Waals surface area contributed by atoms with Crippen LogP contribution in [0.15, 0.2) is 0 Å². The van der Waals surface area contributed by atoms with Gasteiger partial charge in [-0.3, -0.25) is 0 Å². The number of carbonyl (C=O) groups excluding carboxylic acids is 1. The molecule has 0 amide bonds. The van der Waals surface area contributed by atoms with Crippen molar-refractivity contribution in [2.24, 2.45) is 17.8 Å². The van der Waals surface area contributed by atoms with Crippen molar-refractivity contribution in [2.45, 2.75) is 53.4 Å². The molecule has 0 saturated heterocycles. The van der Waals surface area contributed by atoms with E-state index < -0.39 is 0 Å². The number of carbonyl (C=O) groups is 1.